The summed E-state index contributed by atoms with van der Waals surface area (Å²) in [5.74, 6) is 0.865. The van der Waals surface area contributed by atoms with Crippen LogP contribution in [0.1, 0.15) is 19.3 Å². The molecule has 2 heterocycles. The van der Waals surface area contributed by atoms with Gasteiger partial charge in [0.1, 0.15) is 0 Å². The molecule has 2 atom stereocenters. The fourth-order valence-electron chi connectivity index (χ4n) is 2.76. The predicted molar refractivity (Wildman–Crippen MR) is 77.1 cm³/mol. The normalized spacial score (nSPS) is 24.7. The van der Waals surface area contributed by atoms with Gasteiger partial charge in [-0.2, -0.15) is 0 Å². The van der Waals surface area contributed by atoms with Gasteiger partial charge in [0.15, 0.2) is 5.82 Å². The molecule has 1 aromatic heterocycles. The van der Waals surface area contributed by atoms with Crippen LogP contribution in [0.25, 0.3) is 11.4 Å². The first-order valence-electron chi connectivity index (χ1n) is 6.46. The van der Waals surface area contributed by atoms with Gasteiger partial charge in [-0.1, -0.05) is 29.8 Å². The third-order valence-corrected chi connectivity index (χ3v) is 5.33. The molecule has 4 nitrogen and oxygen atoms in total. The summed E-state index contributed by atoms with van der Waals surface area (Å²) in [6.07, 6.45) is 3.80. The molecule has 6 heteroatoms. The van der Waals surface area contributed by atoms with Crippen LogP contribution in [0.2, 0.25) is 5.02 Å². The predicted octanol–water partition coefficient (Wildman–Crippen LogP) is 3.17. The van der Waals surface area contributed by atoms with Crippen molar-refractivity contribution >= 4 is 23.4 Å². The molecule has 0 bridgehead atoms. The van der Waals surface area contributed by atoms with Gasteiger partial charge in [0.25, 0.3) is 0 Å². The zero-order valence-corrected chi connectivity index (χ0v) is 11.8. The maximum atomic E-state index is 5.93. The summed E-state index contributed by atoms with van der Waals surface area (Å²) in [6.45, 7) is 0. The van der Waals surface area contributed by atoms with Crippen LogP contribution in [-0.4, -0.2) is 26.2 Å². The zero-order chi connectivity index (χ0) is 12.8. The Bertz CT molecular complexity index is 610. The van der Waals surface area contributed by atoms with Crippen molar-refractivity contribution in [2.75, 3.05) is 5.43 Å². The molecule has 1 aliphatic carbocycles. The Kier molecular flexibility index (Phi) is 2.70. The second-order valence-electron chi connectivity index (χ2n) is 4.97. The van der Waals surface area contributed by atoms with Crippen molar-refractivity contribution in [3.05, 3.63) is 29.3 Å². The Balaban J connectivity index is 1.74. The number of halogens is 1. The third-order valence-electron chi connectivity index (χ3n) is 3.74. The van der Waals surface area contributed by atoms with Crippen molar-refractivity contribution in [1.29, 1.82) is 0 Å². The quantitative estimate of drug-likeness (QED) is 0.877. The van der Waals surface area contributed by atoms with Crippen molar-refractivity contribution in [3.63, 3.8) is 0 Å². The van der Waals surface area contributed by atoms with E-state index in [1.54, 1.807) is 0 Å². The fraction of sp³-hybridized carbons (Fsp3) is 0.385. The lowest BCUT2D eigenvalue weighted by Gasteiger charge is -2.28. The Labute approximate surface area is 120 Å². The minimum atomic E-state index is 0.541. The van der Waals surface area contributed by atoms with Crippen molar-refractivity contribution in [2.24, 2.45) is 0 Å². The summed E-state index contributed by atoms with van der Waals surface area (Å²) in [7, 11) is 0. The molecule has 0 amide bonds. The molecule has 98 valence electrons. The Morgan fingerprint density at radius 1 is 1.21 bits per heavy atom. The van der Waals surface area contributed by atoms with E-state index >= 15 is 0 Å². The fourth-order valence-corrected chi connectivity index (χ4v) is 4.14. The molecule has 0 radical (unpaired) electrons. The van der Waals surface area contributed by atoms with E-state index in [4.69, 9.17) is 11.6 Å². The Morgan fingerprint density at radius 2 is 2.05 bits per heavy atom. The number of nitrogens with zero attached hydrogens (tertiary/aromatic N) is 3. The standard InChI is InChI=1S/C13H13ClN4S/c14-9-6-4-8(5-7-9)12-15-16-13-18(12)17-10-2-1-3-11(10)19-13/h4-7,10-11,17H,1-3H2. The van der Waals surface area contributed by atoms with Crippen molar-refractivity contribution in [3.8, 4) is 11.4 Å². The first-order chi connectivity index (χ1) is 9.31. The van der Waals surface area contributed by atoms with Crippen molar-refractivity contribution < 1.29 is 0 Å². The molecule has 4 rings (SSSR count). The van der Waals surface area contributed by atoms with Gasteiger partial charge in [-0.15, -0.1) is 10.2 Å². The molecule has 0 spiro atoms. The summed E-state index contributed by atoms with van der Waals surface area (Å²) < 4.78 is 2.03. The molecule has 2 aromatic rings. The molecular weight excluding hydrogens is 280 g/mol. The highest BCUT2D eigenvalue weighted by molar-refractivity contribution is 7.99. The van der Waals surface area contributed by atoms with Gasteiger partial charge >= 0.3 is 0 Å². The second-order valence-corrected chi connectivity index (χ2v) is 6.61. The summed E-state index contributed by atoms with van der Waals surface area (Å²) in [4.78, 5) is 0. The number of rotatable bonds is 1. The number of benzene rings is 1. The molecule has 1 aromatic carbocycles. The van der Waals surface area contributed by atoms with Crippen LogP contribution in [0.5, 0.6) is 0 Å². The first kappa shape index (κ1) is 11.6. The van der Waals surface area contributed by atoms with Gasteiger partial charge in [0.2, 0.25) is 5.16 Å². The van der Waals surface area contributed by atoms with Crippen LogP contribution in [0, 0.1) is 0 Å². The molecular formula is C13H13ClN4S. The topological polar surface area (TPSA) is 42.7 Å². The average molecular weight is 293 g/mol. The SMILES string of the molecule is Clc1ccc(-c2nnc3n2NC2CCCC2S3)cc1. The minimum absolute atomic E-state index is 0.541. The monoisotopic (exact) mass is 292 g/mol. The lowest BCUT2D eigenvalue weighted by molar-refractivity contribution is 0.611. The summed E-state index contributed by atoms with van der Waals surface area (Å²) in [6, 6.07) is 8.26. The van der Waals surface area contributed by atoms with E-state index in [0.29, 0.717) is 11.3 Å². The van der Waals surface area contributed by atoms with E-state index in [9.17, 15) is 0 Å². The lowest BCUT2D eigenvalue weighted by Crippen LogP contribution is -2.37. The van der Waals surface area contributed by atoms with Crippen molar-refractivity contribution in [2.45, 2.75) is 35.7 Å². The van der Waals surface area contributed by atoms with Crippen molar-refractivity contribution in [1.82, 2.24) is 14.9 Å². The van der Waals surface area contributed by atoms with E-state index in [-0.39, 0.29) is 0 Å². The lowest BCUT2D eigenvalue weighted by atomic mass is 10.2. The number of hydrogen-bond acceptors (Lipinski definition) is 4. The molecule has 1 fully saturated rings. The minimum Gasteiger partial charge on any atom is -0.318 e. The molecule has 19 heavy (non-hydrogen) atoms. The largest absolute Gasteiger partial charge is 0.318 e. The van der Waals surface area contributed by atoms with Gasteiger partial charge in [-0.05, 0) is 37.1 Å². The first-order valence-corrected chi connectivity index (χ1v) is 7.71. The third kappa shape index (κ3) is 1.92. The van der Waals surface area contributed by atoms with Gasteiger partial charge in [0, 0.05) is 15.8 Å². The van der Waals surface area contributed by atoms with E-state index in [1.165, 1.54) is 19.3 Å². The Hall–Kier alpha value is -1.20. The maximum Gasteiger partial charge on any atom is 0.210 e. The highest BCUT2D eigenvalue weighted by Crippen LogP contribution is 2.39. The van der Waals surface area contributed by atoms with Crippen LogP contribution >= 0.6 is 23.4 Å². The molecule has 1 N–H and O–H groups in total. The van der Waals surface area contributed by atoms with Gasteiger partial charge in [0.05, 0.1) is 6.04 Å². The van der Waals surface area contributed by atoms with Crippen LogP contribution in [-0.2, 0) is 0 Å². The van der Waals surface area contributed by atoms with E-state index < -0.39 is 0 Å². The average Bonchev–Trinajstić information content (AvgIpc) is 3.03. The maximum absolute atomic E-state index is 5.93. The van der Waals surface area contributed by atoms with E-state index in [2.05, 4.69) is 15.6 Å². The van der Waals surface area contributed by atoms with Gasteiger partial charge in [-0.25, -0.2) is 4.68 Å². The van der Waals surface area contributed by atoms with E-state index in [1.807, 2.05) is 40.7 Å². The highest BCUT2D eigenvalue weighted by Gasteiger charge is 2.35. The smallest absolute Gasteiger partial charge is 0.210 e. The number of nitrogens with one attached hydrogen (secondary N) is 1. The number of hydrogen-bond donors (Lipinski definition) is 1. The van der Waals surface area contributed by atoms with Crippen LogP contribution < -0.4 is 5.43 Å². The number of aromatic nitrogens is 3. The number of thioether (sulfide) groups is 1. The number of fused-ring (bicyclic) bond motifs is 2. The van der Waals surface area contributed by atoms with Crippen LogP contribution in [0.15, 0.2) is 29.4 Å². The van der Waals surface area contributed by atoms with Gasteiger partial charge in [-0.3, -0.25) is 0 Å². The molecule has 0 saturated heterocycles. The molecule has 2 aliphatic rings. The molecule has 2 unspecified atom stereocenters. The highest BCUT2D eigenvalue weighted by atomic mass is 35.5. The molecule has 1 aliphatic heterocycles. The summed E-state index contributed by atoms with van der Waals surface area (Å²) in [5.41, 5.74) is 4.59. The summed E-state index contributed by atoms with van der Waals surface area (Å²) in [5, 5.41) is 11.0. The summed E-state index contributed by atoms with van der Waals surface area (Å²) >= 11 is 7.77. The molecule has 1 saturated carbocycles. The van der Waals surface area contributed by atoms with Crippen LogP contribution in [0.3, 0.4) is 0 Å². The second kappa shape index (κ2) is 4.42. The van der Waals surface area contributed by atoms with E-state index in [0.717, 1.165) is 21.6 Å². The zero-order valence-electron chi connectivity index (χ0n) is 10.2. The van der Waals surface area contributed by atoms with Gasteiger partial charge < -0.3 is 5.43 Å². The Morgan fingerprint density at radius 3 is 2.89 bits per heavy atom. The van der Waals surface area contributed by atoms with Crippen LogP contribution in [0.4, 0.5) is 0 Å².